The number of carbonyl (C=O) groups is 1. The van der Waals surface area contributed by atoms with Crippen molar-refractivity contribution in [1.29, 1.82) is 0 Å². The number of aryl methyl sites for hydroxylation is 1. The third kappa shape index (κ3) is 5.27. The van der Waals surface area contributed by atoms with Gasteiger partial charge in [0.1, 0.15) is 0 Å². The van der Waals surface area contributed by atoms with E-state index in [1.54, 1.807) is 18.4 Å². The second-order valence-corrected chi connectivity index (χ2v) is 6.12. The average Bonchev–Trinajstić information content (AvgIpc) is 3.01. The second-order valence-electron chi connectivity index (χ2n) is 5.12. The molecule has 24 heavy (non-hydrogen) atoms. The number of carbonyl (C=O) groups excluding carboxylic acids is 1. The topological polar surface area (TPSA) is 74.8 Å². The highest BCUT2D eigenvalue weighted by Crippen LogP contribution is 2.14. The molecular formula is C17H22N4O2S. The molecule has 6 nitrogen and oxygen atoms in total. The van der Waals surface area contributed by atoms with Crippen molar-refractivity contribution in [1.82, 2.24) is 10.6 Å². The number of hydrogen-bond acceptors (Lipinski definition) is 4. The van der Waals surface area contributed by atoms with E-state index >= 15 is 0 Å². The van der Waals surface area contributed by atoms with E-state index in [4.69, 9.17) is 0 Å². The zero-order valence-electron chi connectivity index (χ0n) is 14.1. The molecule has 0 saturated carbocycles. The Morgan fingerprint density at radius 2 is 1.88 bits per heavy atom. The van der Waals surface area contributed by atoms with Crippen LogP contribution in [0.25, 0.3) is 0 Å². The number of rotatable bonds is 5. The van der Waals surface area contributed by atoms with Gasteiger partial charge in [-0.3, -0.25) is 10.3 Å². The van der Waals surface area contributed by atoms with Gasteiger partial charge in [-0.1, -0.05) is 12.1 Å². The molecule has 0 bridgehead atoms. The van der Waals surface area contributed by atoms with Crippen LogP contribution in [0.1, 0.15) is 16.0 Å². The van der Waals surface area contributed by atoms with E-state index in [0.717, 1.165) is 18.1 Å². The molecule has 3 N–H and O–H groups in total. The Bertz CT molecular complexity index is 695. The Hall–Kier alpha value is -2.54. The number of guanidine groups is 1. The fraction of sp³-hybridized carbons (Fsp3) is 0.294. The van der Waals surface area contributed by atoms with Crippen molar-refractivity contribution in [2.24, 2.45) is 4.99 Å². The smallest absolute Gasteiger partial charge is 0.411 e. The molecule has 0 aliphatic carbocycles. The summed E-state index contributed by atoms with van der Waals surface area (Å²) in [6, 6.07) is 9.66. The van der Waals surface area contributed by atoms with E-state index < -0.39 is 6.09 Å². The number of hydrogen-bond donors (Lipinski definition) is 3. The highest BCUT2D eigenvalue weighted by molar-refractivity contribution is 7.10. The number of nitrogens with one attached hydrogen (secondary N) is 3. The first-order chi connectivity index (χ1) is 11.6. The third-order valence-electron chi connectivity index (χ3n) is 3.45. The van der Waals surface area contributed by atoms with Crippen molar-refractivity contribution in [3.8, 4) is 0 Å². The molecule has 1 heterocycles. The number of thiophene rings is 1. The van der Waals surface area contributed by atoms with Gasteiger partial charge < -0.3 is 15.4 Å². The molecule has 1 aromatic carbocycles. The quantitative estimate of drug-likeness (QED) is 0.574. The zero-order chi connectivity index (χ0) is 17.4. The van der Waals surface area contributed by atoms with E-state index in [9.17, 15) is 4.79 Å². The minimum atomic E-state index is -0.477. The Balaban J connectivity index is 1.82. The van der Waals surface area contributed by atoms with Crippen molar-refractivity contribution in [2.75, 3.05) is 19.5 Å². The van der Waals surface area contributed by atoms with Crippen molar-refractivity contribution >= 4 is 29.1 Å². The van der Waals surface area contributed by atoms with Crippen LogP contribution in [0.3, 0.4) is 0 Å². The van der Waals surface area contributed by atoms with E-state index in [-0.39, 0.29) is 0 Å². The van der Waals surface area contributed by atoms with E-state index in [2.05, 4.69) is 44.0 Å². The molecule has 0 spiro atoms. The Morgan fingerprint density at radius 3 is 2.46 bits per heavy atom. The van der Waals surface area contributed by atoms with Crippen LogP contribution in [-0.2, 0) is 17.8 Å². The first kappa shape index (κ1) is 17.8. The normalized spacial score (nSPS) is 11.0. The molecular weight excluding hydrogens is 324 g/mol. The Kier molecular flexibility index (Phi) is 6.62. The summed E-state index contributed by atoms with van der Waals surface area (Å²) in [4.78, 5) is 16.7. The molecule has 0 aliphatic heterocycles. The fourth-order valence-corrected chi connectivity index (χ4v) is 2.88. The SMILES string of the molecule is CN=C(NCc1ccc(NC(=O)OC)cc1)NCc1sccc1C. The van der Waals surface area contributed by atoms with Gasteiger partial charge in [-0.15, -0.1) is 11.3 Å². The molecule has 0 atom stereocenters. The monoisotopic (exact) mass is 346 g/mol. The number of aliphatic imine (C=N–C) groups is 1. The molecule has 128 valence electrons. The number of amides is 1. The number of nitrogens with zero attached hydrogens (tertiary/aromatic N) is 1. The Labute approximate surface area is 146 Å². The van der Waals surface area contributed by atoms with Gasteiger partial charge in [0.2, 0.25) is 0 Å². The van der Waals surface area contributed by atoms with Crippen LogP contribution >= 0.6 is 11.3 Å². The van der Waals surface area contributed by atoms with Crippen LogP contribution in [0.5, 0.6) is 0 Å². The molecule has 0 fully saturated rings. The van der Waals surface area contributed by atoms with Crippen LogP contribution in [0, 0.1) is 6.92 Å². The average molecular weight is 346 g/mol. The molecule has 1 aromatic heterocycles. The number of ether oxygens (including phenoxy) is 1. The lowest BCUT2D eigenvalue weighted by Gasteiger charge is -2.12. The van der Waals surface area contributed by atoms with Crippen molar-refractivity contribution in [2.45, 2.75) is 20.0 Å². The first-order valence-corrected chi connectivity index (χ1v) is 8.41. The van der Waals surface area contributed by atoms with Crippen molar-refractivity contribution < 1.29 is 9.53 Å². The minimum absolute atomic E-state index is 0.477. The molecule has 2 aromatic rings. The van der Waals surface area contributed by atoms with Crippen LogP contribution in [0.15, 0.2) is 40.7 Å². The molecule has 7 heteroatoms. The van der Waals surface area contributed by atoms with Crippen molar-refractivity contribution in [3.05, 3.63) is 51.7 Å². The summed E-state index contributed by atoms with van der Waals surface area (Å²) in [7, 11) is 3.09. The molecule has 0 aliphatic rings. The fourth-order valence-electron chi connectivity index (χ4n) is 2.03. The van der Waals surface area contributed by atoms with Gasteiger partial charge >= 0.3 is 6.09 Å². The van der Waals surface area contributed by atoms with Crippen LogP contribution < -0.4 is 16.0 Å². The Morgan fingerprint density at radius 1 is 1.17 bits per heavy atom. The van der Waals surface area contributed by atoms with Gasteiger partial charge in [-0.05, 0) is 41.6 Å². The van der Waals surface area contributed by atoms with E-state index in [0.29, 0.717) is 12.2 Å². The second kappa shape index (κ2) is 8.93. The lowest BCUT2D eigenvalue weighted by molar-refractivity contribution is 0.187. The van der Waals surface area contributed by atoms with E-state index in [1.165, 1.54) is 17.6 Å². The predicted molar refractivity (Wildman–Crippen MR) is 98.6 cm³/mol. The predicted octanol–water partition coefficient (Wildman–Crippen LogP) is 3.10. The lowest BCUT2D eigenvalue weighted by Crippen LogP contribution is -2.36. The maximum absolute atomic E-state index is 11.1. The van der Waals surface area contributed by atoms with Gasteiger partial charge in [0, 0.05) is 24.2 Å². The minimum Gasteiger partial charge on any atom is -0.453 e. The maximum Gasteiger partial charge on any atom is 0.411 e. The summed E-state index contributed by atoms with van der Waals surface area (Å²) < 4.78 is 4.56. The highest BCUT2D eigenvalue weighted by atomic mass is 32.1. The number of methoxy groups -OCH3 is 1. The summed E-state index contributed by atoms with van der Waals surface area (Å²) in [5.74, 6) is 0.750. The third-order valence-corrected chi connectivity index (χ3v) is 4.48. The molecule has 2 rings (SSSR count). The van der Waals surface area contributed by atoms with Crippen LogP contribution in [0.4, 0.5) is 10.5 Å². The zero-order valence-corrected chi connectivity index (χ0v) is 14.9. The summed E-state index contributed by atoms with van der Waals surface area (Å²) in [6.45, 7) is 3.50. The van der Waals surface area contributed by atoms with Crippen LogP contribution in [0.2, 0.25) is 0 Å². The summed E-state index contributed by atoms with van der Waals surface area (Å²) >= 11 is 1.73. The van der Waals surface area contributed by atoms with Crippen molar-refractivity contribution in [3.63, 3.8) is 0 Å². The van der Waals surface area contributed by atoms with Gasteiger partial charge in [-0.25, -0.2) is 4.79 Å². The largest absolute Gasteiger partial charge is 0.453 e. The summed E-state index contributed by atoms with van der Waals surface area (Å²) in [5, 5.41) is 11.3. The molecule has 0 radical (unpaired) electrons. The van der Waals surface area contributed by atoms with Crippen LogP contribution in [-0.4, -0.2) is 26.2 Å². The number of anilines is 1. The molecule has 0 saturated heterocycles. The van der Waals surface area contributed by atoms with E-state index in [1.807, 2.05) is 24.3 Å². The van der Waals surface area contributed by atoms with Gasteiger partial charge in [-0.2, -0.15) is 0 Å². The summed E-state index contributed by atoms with van der Waals surface area (Å²) in [6.07, 6.45) is -0.477. The molecule has 0 unspecified atom stereocenters. The molecule has 1 amide bonds. The summed E-state index contributed by atoms with van der Waals surface area (Å²) in [5.41, 5.74) is 3.07. The first-order valence-electron chi connectivity index (χ1n) is 7.53. The maximum atomic E-state index is 11.1. The van der Waals surface area contributed by atoms with Gasteiger partial charge in [0.05, 0.1) is 13.7 Å². The number of benzene rings is 1. The van der Waals surface area contributed by atoms with Gasteiger partial charge in [0.25, 0.3) is 0 Å². The van der Waals surface area contributed by atoms with Gasteiger partial charge in [0.15, 0.2) is 5.96 Å². The highest BCUT2D eigenvalue weighted by Gasteiger charge is 2.03. The lowest BCUT2D eigenvalue weighted by atomic mass is 10.2. The standard InChI is InChI=1S/C17H22N4O2S/c1-12-8-9-24-15(12)11-20-16(18-2)19-10-13-4-6-14(7-5-13)21-17(22)23-3/h4-9H,10-11H2,1-3H3,(H,21,22)(H2,18,19,20).